The van der Waals surface area contributed by atoms with Crippen molar-refractivity contribution in [2.24, 2.45) is 0 Å². The molecule has 0 atom stereocenters. The molecule has 7 heteroatoms. The Hall–Kier alpha value is -2.10. The topological polar surface area (TPSA) is 47.5 Å². The fraction of sp³-hybridized carbons (Fsp3) is 0.300. The Labute approximate surface area is 94.6 Å². The summed E-state index contributed by atoms with van der Waals surface area (Å²) >= 11 is 0. The van der Waals surface area contributed by atoms with Crippen molar-refractivity contribution >= 4 is 5.69 Å². The molecule has 0 aliphatic heterocycles. The van der Waals surface area contributed by atoms with Gasteiger partial charge in [0, 0.05) is 11.6 Å². The molecule has 0 amide bonds. The van der Waals surface area contributed by atoms with Crippen molar-refractivity contribution in [3.8, 4) is 0 Å². The Morgan fingerprint density at radius 1 is 1.41 bits per heavy atom. The number of nitrogens with zero attached hydrogens (tertiary/aromatic N) is 2. The van der Waals surface area contributed by atoms with E-state index in [4.69, 9.17) is 6.57 Å². The van der Waals surface area contributed by atoms with Crippen molar-refractivity contribution in [2.45, 2.75) is 12.6 Å². The van der Waals surface area contributed by atoms with Gasteiger partial charge in [-0.3, -0.25) is 10.1 Å². The number of hydrogen-bond acceptors (Lipinski definition) is 2. The van der Waals surface area contributed by atoms with Crippen LogP contribution in [0.5, 0.6) is 0 Å². The van der Waals surface area contributed by atoms with E-state index in [0.29, 0.717) is 6.07 Å². The number of nitro benzene ring substituents is 1. The van der Waals surface area contributed by atoms with Crippen LogP contribution in [0.2, 0.25) is 0 Å². The van der Waals surface area contributed by atoms with Gasteiger partial charge in [0.25, 0.3) is 5.69 Å². The summed E-state index contributed by atoms with van der Waals surface area (Å²) in [5, 5.41) is 10.6. The third-order valence-electron chi connectivity index (χ3n) is 2.10. The molecule has 0 aromatic heterocycles. The maximum Gasteiger partial charge on any atom is 0.416 e. The van der Waals surface area contributed by atoms with E-state index in [1.54, 1.807) is 0 Å². The lowest BCUT2D eigenvalue weighted by Gasteiger charge is -2.07. The van der Waals surface area contributed by atoms with Gasteiger partial charge in [-0.15, -0.1) is 0 Å². The molecule has 0 aliphatic carbocycles. The number of rotatable bonds is 3. The summed E-state index contributed by atoms with van der Waals surface area (Å²) in [6.45, 7) is 6.55. The minimum Gasteiger partial charge on any atom is -0.317 e. The summed E-state index contributed by atoms with van der Waals surface area (Å²) in [6.07, 6.45) is -4.54. The molecular formula is C10H7F3N2O2. The molecule has 17 heavy (non-hydrogen) atoms. The first-order chi connectivity index (χ1) is 7.86. The number of alkyl halides is 3. The minimum absolute atomic E-state index is 0.00616. The molecule has 1 aromatic rings. The summed E-state index contributed by atoms with van der Waals surface area (Å²) in [4.78, 5) is 12.8. The first-order valence-corrected chi connectivity index (χ1v) is 4.54. The molecule has 0 radical (unpaired) electrons. The van der Waals surface area contributed by atoms with Crippen LogP contribution in [0.4, 0.5) is 18.9 Å². The quantitative estimate of drug-likeness (QED) is 0.466. The van der Waals surface area contributed by atoms with Gasteiger partial charge >= 0.3 is 6.18 Å². The highest BCUT2D eigenvalue weighted by Gasteiger charge is 2.32. The smallest absolute Gasteiger partial charge is 0.317 e. The van der Waals surface area contributed by atoms with Crippen molar-refractivity contribution in [1.82, 2.24) is 0 Å². The van der Waals surface area contributed by atoms with Gasteiger partial charge in [-0.2, -0.15) is 13.2 Å². The van der Waals surface area contributed by atoms with E-state index in [9.17, 15) is 23.3 Å². The zero-order valence-electron chi connectivity index (χ0n) is 8.49. The molecular weight excluding hydrogens is 237 g/mol. The van der Waals surface area contributed by atoms with Gasteiger partial charge in [0.15, 0.2) is 0 Å². The van der Waals surface area contributed by atoms with Gasteiger partial charge in [-0.05, 0) is 6.07 Å². The lowest BCUT2D eigenvalue weighted by Crippen LogP contribution is -2.07. The van der Waals surface area contributed by atoms with Crippen molar-refractivity contribution in [3.05, 3.63) is 50.9 Å². The van der Waals surface area contributed by atoms with Gasteiger partial charge in [-0.1, -0.05) is 6.07 Å². The number of benzene rings is 1. The Balaban J connectivity index is 3.18. The Kier molecular flexibility index (Phi) is 3.68. The van der Waals surface area contributed by atoms with Crippen LogP contribution < -0.4 is 0 Å². The number of hydrogen-bond donors (Lipinski definition) is 0. The van der Waals surface area contributed by atoms with Crippen molar-refractivity contribution in [1.29, 1.82) is 0 Å². The molecule has 4 nitrogen and oxygen atoms in total. The van der Waals surface area contributed by atoms with Crippen LogP contribution in [0.15, 0.2) is 18.2 Å². The normalized spacial score (nSPS) is 10.9. The van der Waals surface area contributed by atoms with Gasteiger partial charge < -0.3 is 4.85 Å². The van der Waals surface area contributed by atoms with E-state index >= 15 is 0 Å². The lowest BCUT2D eigenvalue weighted by molar-refractivity contribution is -0.385. The molecule has 1 aromatic carbocycles. The second kappa shape index (κ2) is 4.82. The highest BCUT2D eigenvalue weighted by molar-refractivity contribution is 5.44. The Bertz CT molecular complexity index is 477. The maximum absolute atomic E-state index is 12.3. The predicted molar refractivity (Wildman–Crippen MR) is 53.3 cm³/mol. The van der Waals surface area contributed by atoms with Crippen LogP contribution in [0, 0.1) is 16.7 Å². The summed E-state index contributed by atoms with van der Waals surface area (Å²) in [7, 11) is 0. The molecule has 0 unspecified atom stereocenters. The predicted octanol–water partition coefficient (Wildman–Crippen LogP) is 3.08. The maximum atomic E-state index is 12.3. The van der Waals surface area contributed by atoms with Crippen LogP contribution in [-0.4, -0.2) is 11.5 Å². The van der Waals surface area contributed by atoms with E-state index in [1.807, 2.05) is 0 Å². The largest absolute Gasteiger partial charge is 0.416 e. The second-order valence-corrected chi connectivity index (χ2v) is 3.23. The average molecular weight is 244 g/mol. The number of halogens is 3. The molecule has 0 N–H and O–H groups in total. The highest BCUT2D eigenvalue weighted by Crippen LogP contribution is 2.33. The molecule has 0 fully saturated rings. The molecule has 1 rings (SSSR count). The monoisotopic (exact) mass is 244 g/mol. The van der Waals surface area contributed by atoms with Crippen LogP contribution in [0.25, 0.3) is 4.85 Å². The van der Waals surface area contributed by atoms with E-state index in [0.717, 1.165) is 12.1 Å². The zero-order valence-corrected chi connectivity index (χ0v) is 8.49. The Morgan fingerprint density at radius 2 is 2.06 bits per heavy atom. The standard InChI is InChI=1S/C10H7F3N2O2/c1-14-5-4-7-2-3-8(10(11,12)13)6-9(7)15(16)17/h2-3,6H,4-5H2. The van der Waals surface area contributed by atoms with E-state index in [-0.39, 0.29) is 18.5 Å². The lowest BCUT2D eigenvalue weighted by atomic mass is 10.1. The second-order valence-electron chi connectivity index (χ2n) is 3.23. The van der Waals surface area contributed by atoms with Crippen LogP contribution in [-0.2, 0) is 12.6 Å². The molecule has 0 spiro atoms. The van der Waals surface area contributed by atoms with E-state index in [2.05, 4.69) is 4.85 Å². The molecule has 0 saturated carbocycles. The van der Waals surface area contributed by atoms with E-state index in [1.165, 1.54) is 0 Å². The minimum atomic E-state index is -4.61. The average Bonchev–Trinajstić information content (AvgIpc) is 2.24. The zero-order chi connectivity index (χ0) is 13.1. The fourth-order valence-corrected chi connectivity index (χ4v) is 1.30. The van der Waals surface area contributed by atoms with Crippen LogP contribution in [0.1, 0.15) is 11.1 Å². The SMILES string of the molecule is [C-]#[N+]CCc1ccc(C(F)(F)F)cc1[N+](=O)[O-]. The summed E-state index contributed by atoms with van der Waals surface area (Å²) in [5.74, 6) is 0. The molecule has 0 saturated heterocycles. The van der Waals surface area contributed by atoms with Gasteiger partial charge in [0.1, 0.15) is 0 Å². The summed E-state index contributed by atoms with van der Waals surface area (Å²) < 4.78 is 37.0. The van der Waals surface area contributed by atoms with Crippen molar-refractivity contribution in [3.63, 3.8) is 0 Å². The fourth-order valence-electron chi connectivity index (χ4n) is 1.30. The third kappa shape index (κ3) is 3.17. The van der Waals surface area contributed by atoms with Gasteiger partial charge in [0.2, 0.25) is 6.54 Å². The molecule has 0 heterocycles. The van der Waals surface area contributed by atoms with Gasteiger partial charge in [-0.25, -0.2) is 6.57 Å². The number of nitro groups is 1. The first-order valence-electron chi connectivity index (χ1n) is 4.54. The first kappa shape index (κ1) is 13.0. The van der Waals surface area contributed by atoms with Crippen molar-refractivity contribution < 1.29 is 18.1 Å². The molecule has 90 valence electrons. The third-order valence-corrected chi connectivity index (χ3v) is 2.10. The van der Waals surface area contributed by atoms with Crippen molar-refractivity contribution in [2.75, 3.05) is 6.54 Å². The van der Waals surface area contributed by atoms with Crippen LogP contribution in [0.3, 0.4) is 0 Å². The molecule has 0 aliphatic rings. The summed E-state index contributed by atoms with van der Waals surface area (Å²) in [6, 6.07) is 2.33. The van der Waals surface area contributed by atoms with Crippen LogP contribution >= 0.6 is 0 Å². The Morgan fingerprint density at radius 3 is 2.53 bits per heavy atom. The van der Waals surface area contributed by atoms with E-state index < -0.39 is 22.4 Å². The molecule has 0 bridgehead atoms. The highest BCUT2D eigenvalue weighted by atomic mass is 19.4. The summed E-state index contributed by atoms with van der Waals surface area (Å²) in [5.41, 5.74) is -1.52. The van der Waals surface area contributed by atoms with Gasteiger partial charge in [0.05, 0.1) is 16.9 Å².